The molecule has 0 fully saturated rings. The maximum Gasteiger partial charge on any atom is 0.119 e. The van der Waals surface area contributed by atoms with E-state index in [0.717, 1.165) is 12.8 Å². The van der Waals surface area contributed by atoms with Crippen LogP contribution in [-0.2, 0) is 12.8 Å². The van der Waals surface area contributed by atoms with Gasteiger partial charge in [-0.3, -0.25) is 0 Å². The van der Waals surface area contributed by atoms with Gasteiger partial charge in [0.2, 0.25) is 0 Å². The highest BCUT2D eigenvalue weighted by molar-refractivity contribution is 5.39. The Morgan fingerprint density at radius 1 is 0.632 bits per heavy atom. The Labute approximate surface area is 118 Å². The molecule has 106 valence electrons. The molecule has 1 aliphatic rings. The van der Waals surface area contributed by atoms with Gasteiger partial charge in [0.15, 0.2) is 0 Å². The smallest absolute Gasteiger partial charge is 0.119 e. The average Bonchev–Trinajstić information content (AvgIpc) is 2.42. The Morgan fingerprint density at radius 2 is 1.16 bits per heavy atom. The molecule has 0 heterocycles. The highest BCUT2D eigenvalue weighted by Gasteiger charge is 2.08. The topological polar surface area (TPSA) is 20.2 Å². The summed E-state index contributed by atoms with van der Waals surface area (Å²) in [7, 11) is 0. The summed E-state index contributed by atoms with van der Waals surface area (Å²) in [6.45, 7) is 0. The predicted octanol–water partition coefficient (Wildman–Crippen LogP) is 5.39. The number of fused-ring (bicyclic) bond motifs is 1. The van der Waals surface area contributed by atoms with E-state index in [1.807, 2.05) is 12.1 Å². The minimum atomic E-state index is 0.518. The molecule has 0 saturated carbocycles. The van der Waals surface area contributed by atoms with E-state index in [1.54, 1.807) is 0 Å². The second-order valence-electron chi connectivity index (χ2n) is 5.95. The zero-order chi connectivity index (χ0) is 13.3. The summed E-state index contributed by atoms with van der Waals surface area (Å²) in [6.07, 6.45) is 15.8. The van der Waals surface area contributed by atoms with Crippen molar-refractivity contribution in [3.8, 4) is 5.75 Å². The van der Waals surface area contributed by atoms with Crippen LogP contribution in [0, 0.1) is 0 Å². The van der Waals surface area contributed by atoms with E-state index in [1.165, 1.54) is 75.3 Å². The molecule has 0 aromatic heterocycles. The maximum atomic E-state index is 10.1. The molecule has 0 spiro atoms. The van der Waals surface area contributed by atoms with Crippen molar-refractivity contribution in [2.45, 2.75) is 77.0 Å². The molecule has 1 heteroatoms. The van der Waals surface area contributed by atoms with Crippen LogP contribution in [0.15, 0.2) is 18.2 Å². The lowest BCUT2D eigenvalue weighted by Gasteiger charge is -2.12. The number of phenols is 1. The van der Waals surface area contributed by atoms with Gasteiger partial charge in [-0.25, -0.2) is 0 Å². The van der Waals surface area contributed by atoms with Gasteiger partial charge >= 0.3 is 0 Å². The van der Waals surface area contributed by atoms with Crippen LogP contribution in [-0.4, -0.2) is 5.11 Å². The Kier molecular flexibility index (Phi) is 6.26. The minimum Gasteiger partial charge on any atom is -0.508 e. The normalized spacial score (nSPS) is 19.4. The quantitative estimate of drug-likeness (QED) is 0.663. The molecular formula is C18H28O. The Hall–Kier alpha value is -0.980. The van der Waals surface area contributed by atoms with Gasteiger partial charge in [-0.05, 0) is 42.9 Å². The van der Waals surface area contributed by atoms with Crippen molar-refractivity contribution in [3.05, 3.63) is 29.3 Å². The highest BCUT2D eigenvalue weighted by atomic mass is 16.3. The first-order chi connectivity index (χ1) is 9.38. The van der Waals surface area contributed by atoms with Gasteiger partial charge < -0.3 is 5.11 Å². The minimum absolute atomic E-state index is 0.518. The van der Waals surface area contributed by atoms with Crippen LogP contribution < -0.4 is 0 Å². The van der Waals surface area contributed by atoms with Crippen molar-refractivity contribution in [1.29, 1.82) is 0 Å². The second-order valence-corrected chi connectivity index (χ2v) is 5.95. The molecule has 0 unspecified atom stereocenters. The third kappa shape index (κ3) is 4.89. The fourth-order valence-electron chi connectivity index (χ4n) is 3.18. The van der Waals surface area contributed by atoms with E-state index in [-0.39, 0.29) is 0 Å². The molecule has 0 saturated heterocycles. The van der Waals surface area contributed by atoms with E-state index in [0.29, 0.717) is 5.75 Å². The van der Waals surface area contributed by atoms with Crippen LogP contribution in [0.2, 0.25) is 0 Å². The fourth-order valence-corrected chi connectivity index (χ4v) is 3.18. The molecule has 0 bridgehead atoms. The van der Waals surface area contributed by atoms with Crippen molar-refractivity contribution < 1.29 is 5.11 Å². The molecule has 1 N–H and O–H groups in total. The largest absolute Gasteiger partial charge is 0.508 e. The number of hydrogen-bond acceptors (Lipinski definition) is 1. The van der Waals surface area contributed by atoms with Gasteiger partial charge in [-0.2, -0.15) is 0 Å². The Morgan fingerprint density at radius 3 is 1.79 bits per heavy atom. The Bertz CT molecular complexity index is 370. The lowest BCUT2D eigenvalue weighted by molar-refractivity contribution is 0.463. The van der Waals surface area contributed by atoms with Crippen molar-refractivity contribution >= 4 is 0 Å². The van der Waals surface area contributed by atoms with Crippen LogP contribution in [0.3, 0.4) is 0 Å². The summed E-state index contributed by atoms with van der Waals surface area (Å²) in [5.41, 5.74) is 2.61. The molecule has 1 aromatic carbocycles. The number of benzene rings is 1. The van der Waals surface area contributed by atoms with E-state index in [2.05, 4.69) is 6.07 Å². The van der Waals surface area contributed by atoms with Crippen molar-refractivity contribution in [1.82, 2.24) is 0 Å². The molecule has 0 aliphatic heterocycles. The predicted molar refractivity (Wildman–Crippen MR) is 81.7 cm³/mol. The zero-order valence-electron chi connectivity index (χ0n) is 12.2. The van der Waals surface area contributed by atoms with E-state index < -0.39 is 0 Å². The SMILES string of the molecule is Oc1cccc2c1CCCCCCCCCCCC2. The van der Waals surface area contributed by atoms with Crippen LogP contribution in [0.1, 0.15) is 75.3 Å². The first-order valence-electron chi connectivity index (χ1n) is 8.17. The van der Waals surface area contributed by atoms with Gasteiger partial charge in [0.1, 0.15) is 5.75 Å². The number of rotatable bonds is 0. The number of hydrogen-bond donors (Lipinski definition) is 1. The van der Waals surface area contributed by atoms with Crippen molar-refractivity contribution in [3.63, 3.8) is 0 Å². The first kappa shape index (κ1) is 14.4. The van der Waals surface area contributed by atoms with E-state index in [4.69, 9.17) is 0 Å². The lowest BCUT2D eigenvalue weighted by atomic mass is 9.95. The summed E-state index contributed by atoms with van der Waals surface area (Å²) in [4.78, 5) is 0. The van der Waals surface area contributed by atoms with Gasteiger partial charge in [0, 0.05) is 0 Å². The van der Waals surface area contributed by atoms with Crippen LogP contribution >= 0.6 is 0 Å². The molecule has 1 nitrogen and oxygen atoms in total. The van der Waals surface area contributed by atoms with Gasteiger partial charge in [-0.1, -0.05) is 63.5 Å². The van der Waals surface area contributed by atoms with Crippen molar-refractivity contribution in [2.24, 2.45) is 0 Å². The lowest BCUT2D eigenvalue weighted by Crippen LogP contribution is -1.97. The van der Waals surface area contributed by atoms with Crippen LogP contribution in [0.25, 0.3) is 0 Å². The average molecular weight is 260 g/mol. The number of aromatic hydroxyl groups is 1. The number of aryl methyl sites for hydroxylation is 1. The van der Waals surface area contributed by atoms with E-state index in [9.17, 15) is 5.11 Å². The fraction of sp³-hybridized carbons (Fsp3) is 0.667. The standard InChI is InChI=1S/C18H28O/c19-18-15-11-13-16-12-9-7-5-3-1-2-4-6-8-10-14-17(16)18/h11,13,15,19H,1-10,12,14H2. The summed E-state index contributed by atoms with van der Waals surface area (Å²) in [6, 6.07) is 6.06. The molecule has 1 aromatic rings. The maximum absolute atomic E-state index is 10.1. The van der Waals surface area contributed by atoms with Crippen LogP contribution in [0.5, 0.6) is 5.75 Å². The molecule has 0 radical (unpaired) electrons. The third-order valence-electron chi connectivity index (χ3n) is 4.37. The van der Waals surface area contributed by atoms with Gasteiger partial charge in [0.05, 0.1) is 0 Å². The Balaban J connectivity index is 1.99. The molecule has 1 aliphatic carbocycles. The van der Waals surface area contributed by atoms with Crippen LogP contribution in [0.4, 0.5) is 0 Å². The second kappa shape index (κ2) is 8.24. The molecule has 19 heavy (non-hydrogen) atoms. The molecule has 2 rings (SSSR count). The van der Waals surface area contributed by atoms with Gasteiger partial charge in [0.25, 0.3) is 0 Å². The van der Waals surface area contributed by atoms with Gasteiger partial charge in [-0.15, -0.1) is 0 Å². The highest BCUT2D eigenvalue weighted by Crippen LogP contribution is 2.25. The summed E-state index contributed by atoms with van der Waals surface area (Å²) >= 11 is 0. The summed E-state index contributed by atoms with van der Waals surface area (Å²) in [5.74, 6) is 0.518. The monoisotopic (exact) mass is 260 g/mol. The van der Waals surface area contributed by atoms with E-state index >= 15 is 0 Å². The molecule has 0 amide bonds. The number of phenolic OH excluding ortho intramolecular Hbond substituents is 1. The van der Waals surface area contributed by atoms with Crippen molar-refractivity contribution in [2.75, 3.05) is 0 Å². The molecule has 0 atom stereocenters. The molecular weight excluding hydrogens is 232 g/mol. The third-order valence-corrected chi connectivity index (χ3v) is 4.37. The summed E-state index contributed by atoms with van der Waals surface area (Å²) < 4.78 is 0. The summed E-state index contributed by atoms with van der Waals surface area (Å²) in [5, 5.41) is 10.1. The first-order valence-corrected chi connectivity index (χ1v) is 8.17. The zero-order valence-corrected chi connectivity index (χ0v) is 12.2.